The van der Waals surface area contributed by atoms with Crippen molar-refractivity contribution in [1.82, 2.24) is 14.9 Å². The Kier molecular flexibility index (Phi) is 3.48. The third-order valence-corrected chi connectivity index (χ3v) is 3.03. The van der Waals surface area contributed by atoms with E-state index >= 15 is 0 Å². The molecule has 2 aromatic rings. The van der Waals surface area contributed by atoms with Gasteiger partial charge in [-0.1, -0.05) is 19.9 Å². The highest BCUT2D eigenvalue weighted by Gasteiger charge is 2.07. The minimum absolute atomic E-state index is 0.534. The highest BCUT2D eigenvalue weighted by atomic mass is 15.1. The standard InChI is InChI=1S/C14H21N3/c1-10(2)15-8-7-14-16-12-9-11(3)5-6-13(12)17(14)4/h5-6,9-10,15H,7-8H2,1-4H3. The van der Waals surface area contributed by atoms with Crippen molar-refractivity contribution in [3.05, 3.63) is 29.6 Å². The summed E-state index contributed by atoms with van der Waals surface area (Å²) in [4.78, 5) is 4.69. The van der Waals surface area contributed by atoms with E-state index in [1.54, 1.807) is 0 Å². The van der Waals surface area contributed by atoms with Crippen molar-refractivity contribution in [1.29, 1.82) is 0 Å². The number of hydrogen-bond donors (Lipinski definition) is 1. The van der Waals surface area contributed by atoms with Crippen LogP contribution in [0.15, 0.2) is 18.2 Å². The van der Waals surface area contributed by atoms with Gasteiger partial charge in [0, 0.05) is 26.1 Å². The maximum atomic E-state index is 4.69. The van der Waals surface area contributed by atoms with Gasteiger partial charge in [0.05, 0.1) is 11.0 Å². The van der Waals surface area contributed by atoms with Crippen LogP contribution in [0.1, 0.15) is 25.2 Å². The van der Waals surface area contributed by atoms with Gasteiger partial charge >= 0.3 is 0 Å². The highest BCUT2D eigenvalue weighted by Crippen LogP contribution is 2.16. The normalized spacial score (nSPS) is 11.6. The van der Waals surface area contributed by atoms with Gasteiger partial charge in [-0.3, -0.25) is 0 Å². The molecule has 0 bridgehead atoms. The Hall–Kier alpha value is -1.35. The molecule has 3 nitrogen and oxygen atoms in total. The second kappa shape index (κ2) is 4.88. The molecule has 0 aliphatic carbocycles. The predicted molar refractivity (Wildman–Crippen MR) is 72.3 cm³/mol. The Morgan fingerprint density at radius 1 is 1.35 bits per heavy atom. The average Bonchev–Trinajstić information content (AvgIpc) is 2.55. The molecule has 0 aliphatic heterocycles. The zero-order chi connectivity index (χ0) is 12.4. The van der Waals surface area contributed by atoms with Gasteiger partial charge in [-0.2, -0.15) is 0 Å². The summed E-state index contributed by atoms with van der Waals surface area (Å²) >= 11 is 0. The first-order valence-corrected chi connectivity index (χ1v) is 6.23. The second-order valence-corrected chi connectivity index (χ2v) is 4.94. The lowest BCUT2D eigenvalue weighted by Crippen LogP contribution is -2.25. The Labute approximate surface area is 103 Å². The van der Waals surface area contributed by atoms with Gasteiger partial charge in [-0.25, -0.2) is 4.98 Å². The topological polar surface area (TPSA) is 29.9 Å². The number of aromatic nitrogens is 2. The monoisotopic (exact) mass is 231 g/mol. The van der Waals surface area contributed by atoms with Crippen molar-refractivity contribution in [2.24, 2.45) is 7.05 Å². The summed E-state index contributed by atoms with van der Waals surface area (Å²) in [6.07, 6.45) is 0.975. The van der Waals surface area contributed by atoms with E-state index in [2.05, 4.69) is 55.9 Å². The van der Waals surface area contributed by atoms with Gasteiger partial charge in [-0.15, -0.1) is 0 Å². The quantitative estimate of drug-likeness (QED) is 0.875. The van der Waals surface area contributed by atoms with Crippen LogP contribution in [0, 0.1) is 6.92 Å². The molecule has 0 saturated heterocycles. The first-order valence-electron chi connectivity index (χ1n) is 6.23. The molecule has 0 fully saturated rings. The van der Waals surface area contributed by atoms with Crippen LogP contribution in [0.3, 0.4) is 0 Å². The molecule has 0 radical (unpaired) electrons. The molecule has 0 saturated carbocycles. The number of aryl methyl sites for hydroxylation is 2. The Bertz CT molecular complexity index is 511. The average molecular weight is 231 g/mol. The van der Waals surface area contributed by atoms with E-state index < -0.39 is 0 Å². The lowest BCUT2D eigenvalue weighted by atomic mass is 10.2. The number of rotatable bonds is 4. The largest absolute Gasteiger partial charge is 0.331 e. The minimum Gasteiger partial charge on any atom is -0.331 e. The van der Waals surface area contributed by atoms with Gasteiger partial charge in [0.2, 0.25) is 0 Å². The third-order valence-electron chi connectivity index (χ3n) is 3.03. The molecule has 0 spiro atoms. The molecule has 0 amide bonds. The molecule has 1 aromatic carbocycles. The Morgan fingerprint density at radius 2 is 2.12 bits per heavy atom. The van der Waals surface area contributed by atoms with E-state index in [0.717, 1.165) is 24.3 Å². The molecule has 0 atom stereocenters. The van der Waals surface area contributed by atoms with Crippen molar-refractivity contribution in [3.63, 3.8) is 0 Å². The summed E-state index contributed by atoms with van der Waals surface area (Å²) < 4.78 is 2.19. The number of hydrogen-bond acceptors (Lipinski definition) is 2. The summed E-state index contributed by atoms with van der Waals surface area (Å²) in [5.41, 5.74) is 3.59. The number of imidazole rings is 1. The van der Waals surface area contributed by atoms with Crippen LogP contribution < -0.4 is 5.32 Å². The first kappa shape index (κ1) is 12.1. The van der Waals surface area contributed by atoms with E-state index in [1.165, 1.54) is 11.1 Å². The van der Waals surface area contributed by atoms with E-state index in [-0.39, 0.29) is 0 Å². The summed E-state index contributed by atoms with van der Waals surface area (Å²) in [6, 6.07) is 6.97. The van der Waals surface area contributed by atoms with Crippen LogP contribution in [0.5, 0.6) is 0 Å². The molecule has 1 N–H and O–H groups in total. The lowest BCUT2D eigenvalue weighted by molar-refractivity contribution is 0.578. The fraction of sp³-hybridized carbons (Fsp3) is 0.500. The number of benzene rings is 1. The van der Waals surface area contributed by atoms with Crippen molar-refractivity contribution in [2.45, 2.75) is 33.2 Å². The van der Waals surface area contributed by atoms with Crippen LogP contribution in [0.2, 0.25) is 0 Å². The van der Waals surface area contributed by atoms with Gasteiger partial charge in [0.25, 0.3) is 0 Å². The maximum absolute atomic E-state index is 4.69. The van der Waals surface area contributed by atoms with Crippen molar-refractivity contribution in [3.8, 4) is 0 Å². The van der Waals surface area contributed by atoms with E-state index in [9.17, 15) is 0 Å². The summed E-state index contributed by atoms with van der Waals surface area (Å²) in [5.74, 6) is 1.15. The van der Waals surface area contributed by atoms with Gasteiger partial charge in [-0.05, 0) is 24.6 Å². The molecular weight excluding hydrogens is 210 g/mol. The van der Waals surface area contributed by atoms with Gasteiger partial charge in [0.1, 0.15) is 5.82 Å². The van der Waals surface area contributed by atoms with E-state index in [4.69, 9.17) is 4.98 Å². The fourth-order valence-electron chi connectivity index (χ4n) is 2.06. The van der Waals surface area contributed by atoms with Gasteiger partial charge < -0.3 is 9.88 Å². The number of nitrogens with one attached hydrogen (secondary N) is 1. The SMILES string of the molecule is Cc1ccc2c(c1)nc(CCNC(C)C)n2C. The predicted octanol–water partition coefficient (Wildman–Crippen LogP) is 2.42. The summed E-state index contributed by atoms with van der Waals surface area (Å²) in [7, 11) is 2.09. The molecule has 3 heteroatoms. The molecule has 17 heavy (non-hydrogen) atoms. The number of nitrogens with zero attached hydrogens (tertiary/aromatic N) is 2. The van der Waals surface area contributed by atoms with Crippen LogP contribution in [0.25, 0.3) is 11.0 Å². The van der Waals surface area contributed by atoms with Gasteiger partial charge in [0.15, 0.2) is 0 Å². The molecule has 2 rings (SSSR count). The highest BCUT2D eigenvalue weighted by molar-refractivity contribution is 5.76. The molecule has 0 aliphatic rings. The van der Waals surface area contributed by atoms with Crippen LogP contribution >= 0.6 is 0 Å². The van der Waals surface area contributed by atoms with E-state index in [0.29, 0.717) is 6.04 Å². The lowest BCUT2D eigenvalue weighted by Gasteiger charge is -2.07. The van der Waals surface area contributed by atoms with Crippen molar-refractivity contribution < 1.29 is 0 Å². The molecule has 92 valence electrons. The third kappa shape index (κ3) is 2.67. The van der Waals surface area contributed by atoms with Crippen LogP contribution in [-0.2, 0) is 13.5 Å². The van der Waals surface area contributed by atoms with Crippen molar-refractivity contribution >= 4 is 11.0 Å². The first-order chi connectivity index (χ1) is 8.08. The molecule has 0 unspecified atom stereocenters. The van der Waals surface area contributed by atoms with Crippen LogP contribution in [0.4, 0.5) is 0 Å². The zero-order valence-electron chi connectivity index (χ0n) is 11.1. The summed E-state index contributed by atoms with van der Waals surface area (Å²) in [6.45, 7) is 7.42. The molecule has 1 aromatic heterocycles. The minimum atomic E-state index is 0.534. The number of fused-ring (bicyclic) bond motifs is 1. The Balaban J connectivity index is 2.20. The summed E-state index contributed by atoms with van der Waals surface area (Å²) in [5, 5.41) is 3.42. The van der Waals surface area contributed by atoms with Crippen LogP contribution in [-0.4, -0.2) is 22.1 Å². The molecule has 1 heterocycles. The van der Waals surface area contributed by atoms with Crippen molar-refractivity contribution in [2.75, 3.05) is 6.54 Å². The van der Waals surface area contributed by atoms with E-state index in [1.807, 2.05) is 0 Å². The molecular formula is C14H21N3. The maximum Gasteiger partial charge on any atom is 0.110 e. The smallest absolute Gasteiger partial charge is 0.110 e. The Morgan fingerprint density at radius 3 is 2.82 bits per heavy atom. The fourth-order valence-corrected chi connectivity index (χ4v) is 2.06. The zero-order valence-corrected chi connectivity index (χ0v) is 11.1. The second-order valence-electron chi connectivity index (χ2n) is 4.94.